The van der Waals surface area contributed by atoms with E-state index >= 15 is 0 Å². The van der Waals surface area contributed by atoms with Gasteiger partial charge in [-0.15, -0.1) is 0 Å². The number of thioether (sulfide) groups is 1. The van der Waals surface area contributed by atoms with Crippen LogP contribution in [0, 0.1) is 13.8 Å². The number of amidine groups is 1. The van der Waals surface area contributed by atoms with Crippen LogP contribution in [0.15, 0.2) is 23.2 Å². The molecule has 0 aliphatic carbocycles. The third-order valence-electron chi connectivity index (χ3n) is 2.73. The highest BCUT2D eigenvalue weighted by molar-refractivity contribution is 8.15. The Balaban J connectivity index is 2.26. The van der Waals surface area contributed by atoms with Crippen molar-refractivity contribution in [3.05, 3.63) is 29.3 Å². The Morgan fingerprint density at radius 2 is 2.18 bits per heavy atom. The first-order valence-corrected chi connectivity index (χ1v) is 6.61. The minimum Gasteiger partial charge on any atom is -0.304 e. The number of hydrogen-bond donors (Lipinski definition) is 1. The molecule has 17 heavy (non-hydrogen) atoms. The number of carbonyl (C=O) groups is 1. The first-order valence-electron chi connectivity index (χ1n) is 5.73. The van der Waals surface area contributed by atoms with Gasteiger partial charge in [0.25, 0.3) is 0 Å². The second-order valence-corrected chi connectivity index (χ2v) is 5.40. The summed E-state index contributed by atoms with van der Waals surface area (Å²) in [6, 6.07) is 6.15. The van der Waals surface area contributed by atoms with Gasteiger partial charge in [0.1, 0.15) is 0 Å². The van der Waals surface area contributed by atoms with Crippen molar-refractivity contribution in [1.29, 1.82) is 0 Å². The standard InChI is InChI=1S/C13H16N2OS/c1-4-11-12(16)15-13(17-11)14-10-7-8(2)5-6-9(10)3/h5-7,11H,4H2,1-3H3,(H,14,15,16)/t11-/m1/s1. The number of amides is 1. The molecular weight excluding hydrogens is 232 g/mol. The number of aliphatic imine (C=N–C) groups is 1. The van der Waals surface area contributed by atoms with E-state index in [4.69, 9.17) is 0 Å². The van der Waals surface area contributed by atoms with Crippen LogP contribution in [0.1, 0.15) is 24.5 Å². The molecule has 1 fully saturated rings. The molecule has 0 radical (unpaired) electrons. The van der Waals surface area contributed by atoms with Gasteiger partial charge in [-0.2, -0.15) is 0 Å². The monoisotopic (exact) mass is 248 g/mol. The summed E-state index contributed by atoms with van der Waals surface area (Å²) in [5, 5.41) is 3.56. The predicted octanol–water partition coefficient (Wildman–Crippen LogP) is 2.93. The molecule has 1 aliphatic heterocycles. The highest BCUT2D eigenvalue weighted by Gasteiger charge is 2.28. The molecule has 1 N–H and O–H groups in total. The average molecular weight is 248 g/mol. The van der Waals surface area contributed by atoms with Crippen LogP contribution in [-0.2, 0) is 4.79 Å². The van der Waals surface area contributed by atoms with Gasteiger partial charge >= 0.3 is 0 Å². The maximum atomic E-state index is 11.5. The number of nitrogens with zero attached hydrogens (tertiary/aromatic N) is 1. The fourth-order valence-corrected chi connectivity index (χ4v) is 2.59. The lowest BCUT2D eigenvalue weighted by Gasteiger charge is -2.02. The van der Waals surface area contributed by atoms with E-state index in [1.807, 2.05) is 32.9 Å². The largest absolute Gasteiger partial charge is 0.304 e. The van der Waals surface area contributed by atoms with Gasteiger partial charge in [0, 0.05) is 0 Å². The highest BCUT2D eigenvalue weighted by Crippen LogP contribution is 2.26. The summed E-state index contributed by atoms with van der Waals surface area (Å²) in [5.41, 5.74) is 3.23. The predicted molar refractivity (Wildman–Crippen MR) is 72.8 cm³/mol. The summed E-state index contributed by atoms with van der Waals surface area (Å²) in [7, 11) is 0. The van der Waals surface area contributed by atoms with E-state index in [1.54, 1.807) is 0 Å². The minimum absolute atomic E-state index is 0.0128. The molecule has 0 aromatic heterocycles. The van der Waals surface area contributed by atoms with E-state index < -0.39 is 0 Å². The smallest absolute Gasteiger partial charge is 0.239 e. The lowest BCUT2D eigenvalue weighted by Crippen LogP contribution is -2.24. The minimum atomic E-state index is 0.0128. The van der Waals surface area contributed by atoms with Gasteiger partial charge in [0.2, 0.25) is 5.91 Å². The van der Waals surface area contributed by atoms with Gasteiger partial charge in [-0.25, -0.2) is 4.99 Å². The van der Waals surface area contributed by atoms with Crippen LogP contribution in [0.5, 0.6) is 0 Å². The third-order valence-corrected chi connectivity index (χ3v) is 3.98. The number of rotatable bonds is 2. The molecule has 1 heterocycles. The fraction of sp³-hybridized carbons (Fsp3) is 0.385. The zero-order chi connectivity index (χ0) is 12.4. The molecule has 0 unspecified atom stereocenters. The Bertz CT molecular complexity index is 482. The van der Waals surface area contributed by atoms with Gasteiger partial charge in [-0.05, 0) is 37.5 Å². The summed E-state index contributed by atoms with van der Waals surface area (Å²) >= 11 is 1.52. The van der Waals surface area contributed by atoms with Crippen LogP contribution in [0.2, 0.25) is 0 Å². The van der Waals surface area contributed by atoms with Gasteiger partial charge in [-0.1, -0.05) is 30.8 Å². The molecule has 0 bridgehead atoms. The molecule has 1 aliphatic rings. The van der Waals surface area contributed by atoms with E-state index in [0.717, 1.165) is 22.8 Å². The van der Waals surface area contributed by atoms with Crippen LogP contribution < -0.4 is 5.32 Å². The third kappa shape index (κ3) is 2.69. The first kappa shape index (κ1) is 12.2. The molecule has 4 heteroatoms. The Hall–Kier alpha value is -1.29. The van der Waals surface area contributed by atoms with Crippen molar-refractivity contribution in [2.75, 3.05) is 0 Å². The van der Waals surface area contributed by atoms with Crippen molar-refractivity contribution in [3.63, 3.8) is 0 Å². The quantitative estimate of drug-likeness (QED) is 0.874. The number of benzene rings is 1. The zero-order valence-electron chi connectivity index (χ0n) is 10.3. The van der Waals surface area contributed by atoms with Crippen molar-refractivity contribution in [3.8, 4) is 0 Å². The molecule has 1 aromatic rings. The second-order valence-electron chi connectivity index (χ2n) is 4.21. The summed E-state index contributed by atoms with van der Waals surface area (Å²) in [5.74, 6) is 0.0709. The van der Waals surface area contributed by atoms with Crippen LogP contribution in [0.4, 0.5) is 5.69 Å². The molecule has 1 saturated heterocycles. The molecule has 1 aromatic carbocycles. The highest BCUT2D eigenvalue weighted by atomic mass is 32.2. The van der Waals surface area contributed by atoms with Crippen molar-refractivity contribution in [1.82, 2.24) is 5.32 Å². The molecular formula is C13H16N2OS. The second kappa shape index (κ2) is 4.92. The molecule has 1 amide bonds. The number of hydrogen-bond acceptors (Lipinski definition) is 3. The maximum absolute atomic E-state index is 11.5. The van der Waals surface area contributed by atoms with E-state index in [0.29, 0.717) is 0 Å². The SMILES string of the molecule is CC[C@H]1SC(=Nc2cc(C)ccc2C)NC1=O. The van der Waals surface area contributed by atoms with E-state index in [1.165, 1.54) is 17.3 Å². The summed E-state index contributed by atoms with van der Waals surface area (Å²) < 4.78 is 0. The summed E-state index contributed by atoms with van der Waals surface area (Å²) in [6.07, 6.45) is 0.836. The van der Waals surface area contributed by atoms with Crippen molar-refractivity contribution in [2.45, 2.75) is 32.4 Å². The molecule has 1 atom stereocenters. The lowest BCUT2D eigenvalue weighted by atomic mass is 10.1. The van der Waals surface area contributed by atoms with Crippen molar-refractivity contribution < 1.29 is 4.79 Å². The fourth-order valence-electron chi connectivity index (χ4n) is 1.68. The Morgan fingerprint density at radius 3 is 2.82 bits per heavy atom. The first-order chi connectivity index (χ1) is 8.10. The number of carbonyl (C=O) groups excluding carboxylic acids is 1. The Labute approximate surface area is 106 Å². The van der Waals surface area contributed by atoms with E-state index in [2.05, 4.69) is 16.4 Å². The number of aryl methyl sites for hydroxylation is 2. The van der Waals surface area contributed by atoms with Crippen LogP contribution in [0.25, 0.3) is 0 Å². The van der Waals surface area contributed by atoms with Gasteiger partial charge in [-0.3, -0.25) is 4.79 Å². The van der Waals surface area contributed by atoms with Crippen LogP contribution in [0.3, 0.4) is 0 Å². The van der Waals surface area contributed by atoms with Crippen molar-refractivity contribution >= 4 is 28.5 Å². The lowest BCUT2D eigenvalue weighted by molar-refractivity contribution is -0.118. The Morgan fingerprint density at radius 1 is 1.41 bits per heavy atom. The van der Waals surface area contributed by atoms with Crippen molar-refractivity contribution in [2.24, 2.45) is 4.99 Å². The summed E-state index contributed by atoms with van der Waals surface area (Å²) in [4.78, 5) is 16.1. The zero-order valence-corrected chi connectivity index (χ0v) is 11.1. The normalized spacial score (nSPS) is 21.9. The average Bonchev–Trinajstić information content (AvgIpc) is 2.64. The number of nitrogens with one attached hydrogen (secondary N) is 1. The maximum Gasteiger partial charge on any atom is 0.239 e. The topological polar surface area (TPSA) is 41.5 Å². The van der Waals surface area contributed by atoms with Crippen LogP contribution >= 0.6 is 11.8 Å². The summed E-state index contributed by atoms with van der Waals surface area (Å²) in [6.45, 7) is 6.08. The molecule has 90 valence electrons. The van der Waals surface area contributed by atoms with Gasteiger partial charge in [0.05, 0.1) is 10.9 Å². The molecule has 0 spiro atoms. The van der Waals surface area contributed by atoms with Crippen LogP contribution in [-0.4, -0.2) is 16.3 Å². The van der Waals surface area contributed by atoms with Gasteiger partial charge < -0.3 is 5.32 Å². The molecule has 3 nitrogen and oxygen atoms in total. The van der Waals surface area contributed by atoms with E-state index in [-0.39, 0.29) is 11.2 Å². The molecule has 2 rings (SSSR count). The molecule has 0 saturated carbocycles. The Kier molecular flexibility index (Phi) is 3.52. The van der Waals surface area contributed by atoms with Gasteiger partial charge in [0.15, 0.2) is 5.17 Å². The van der Waals surface area contributed by atoms with E-state index in [9.17, 15) is 4.79 Å².